The van der Waals surface area contributed by atoms with Crippen LogP contribution in [0.25, 0.3) is 0 Å². The van der Waals surface area contributed by atoms with E-state index in [0.717, 1.165) is 49.4 Å². The Labute approximate surface area is 233 Å². The summed E-state index contributed by atoms with van der Waals surface area (Å²) in [5.74, 6) is 0.235. The fourth-order valence-corrected chi connectivity index (χ4v) is 6.83. The standard InChI is InChI=1S/C28H36ClN5O3S/c1-4-36-27(35)16-33-14-25(31-32-33)26-15-34(24(17-37-26)13-20-5-9-22(29)10-6-20)23-11-7-21(8-12-23)28-30-18(2)19(3)38-28/h5-6,9-10,14,21,23-24,26H,4,7-8,11-13,15-17H2,1-3H3/t21?,23?,24-,26+/m0/s1. The SMILES string of the molecule is CCOC(=O)Cn1cc([C@H]2CN(C3CCC(c4nc(C)c(C)s4)CC3)[C@@H](Cc3ccc(Cl)cc3)CO2)nn1. The molecule has 2 aromatic heterocycles. The van der Waals surface area contributed by atoms with Gasteiger partial charge in [-0.25, -0.2) is 9.67 Å². The molecule has 2 atom stereocenters. The van der Waals surface area contributed by atoms with Gasteiger partial charge in [-0.1, -0.05) is 28.9 Å². The van der Waals surface area contributed by atoms with Crippen LogP contribution in [-0.4, -0.2) is 62.7 Å². The predicted octanol–water partition coefficient (Wildman–Crippen LogP) is 5.28. The van der Waals surface area contributed by atoms with Crippen LogP contribution in [0.15, 0.2) is 30.5 Å². The lowest BCUT2D eigenvalue weighted by Gasteiger charge is -2.46. The van der Waals surface area contributed by atoms with E-state index < -0.39 is 0 Å². The third kappa shape index (κ3) is 6.45. The van der Waals surface area contributed by atoms with Crippen LogP contribution in [0, 0.1) is 13.8 Å². The molecule has 0 spiro atoms. The van der Waals surface area contributed by atoms with Gasteiger partial charge in [0, 0.05) is 34.4 Å². The van der Waals surface area contributed by atoms with E-state index in [1.807, 2.05) is 29.7 Å². The van der Waals surface area contributed by atoms with E-state index in [9.17, 15) is 4.79 Å². The number of carbonyl (C=O) groups excluding carboxylic acids is 1. The number of aromatic nitrogens is 4. The van der Waals surface area contributed by atoms with Crippen molar-refractivity contribution in [2.75, 3.05) is 19.8 Å². The van der Waals surface area contributed by atoms with Crippen molar-refractivity contribution in [3.05, 3.63) is 62.3 Å². The molecule has 3 aromatic rings. The second kappa shape index (κ2) is 12.2. The summed E-state index contributed by atoms with van der Waals surface area (Å²) in [4.78, 5) is 20.7. The number of ether oxygens (including phenoxy) is 2. The number of benzene rings is 1. The van der Waals surface area contributed by atoms with Crippen molar-refractivity contribution in [2.45, 2.75) is 83.5 Å². The van der Waals surface area contributed by atoms with Crippen LogP contribution in [0.2, 0.25) is 5.02 Å². The largest absolute Gasteiger partial charge is 0.465 e. The Morgan fingerprint density at radius 1 is 1.18 bits per heavy atom. The summed E-state index contributed by atoms with van der Waals surface area (Å²) < 4.78 is 12.9. The molecule has 1 saturated carbocycles. The van der Waals surface area contributed by atoms with Crippen LogP contribution in [0.1, 0.15) is 71.5 Å². The van der Waals surface area contributed by atoms with Gasteiger partial charge in [0.1, 0.15) is 18.3 Å². The first-order valence-corrected chi connectivity index (χ1v) is 14.7. The fourth-order valence-electron chi connectivity index (χ4n) is 5.61. The van der Waals surface area contributed by atoms with E-state index >= 15 is 0 Å². The number of hydrogen-bond donors (Lipinski definition) is 0. The highest BCUT2D eigenvalue weighted by Gasteiger charge is 2.37. The molecule has 1 aliphatic heterocycles. The summed E-state index contributed by atoms with van der Waals surface area (Å²) >= 11 is 8.00. The molecule has 3 heterocycles. The van der Waals surface area contributed by atoms with Crippen molar-refractivity contribution < 1.29 is 14.3 Å². The van der Waals surface area contributed by atoms with Gasteiger partial charge in [0.25, 0.3) is 0 Å². The molecule has 5 rings (SSSR count). The highest BCUT2D eigenvalue weighted by Crippen LogP contribution is 2.39. The number of thiazole rings is 1. The molecule has 0 unspecified atom stereocenters. The van der Waals surface area contributed by atoms with Crippen molar-refractivity contribution in [3.8, 4) is 0 Å². The molecule has 0 N–H and O–H groups in total. The molecule has 204 valence electrons. The van der Waals surface area contributed by atoms with Gasteiger partial charge < -0.3 is 9.47 Å². The topological polar surface area (TPSA) is 82.4 Å². The maximum Gasteiger partial charge on any atom is 0.327 e. The van der Waals surface area contributed by atoms with E-state index in [1.165, 1.54) is 25.8 Å². The van der Waals surface area contributed by atoms with Gasteiger partial charge in [-0.3, -0.25) is 9.69 Å². The monoisotopic (exact) mass is 557 g/mol. The fraction of sp³-hybridized carbons (Fsp3) is 0.571. The van der Waals surface area contributed by atoms with E-state index in [0.29, 0.717) is 25.2 Å². The molecule has 0 amide bonds. The Kier molecular flexibility index (Phi) is 8.77. The lowest BCUT2D eigenvalue weighted by molar-refractivity contribution is -0.144. The van der Waals surface area contributed by atoms with Gasteiger partial charge in [-0.15, -0.1) is 16.4 Å². The minimum atomic E-state index is -0.319. The minimum Gasteiger partial charge on any atom is -0.465 e. The molecule has 1 aromatic carbocycles. The molecule has 0 bridgehead atoms. The minimum absolute atomic E-state index is 0.0518. The first kappa shape index (κ1) is 27.2. The molecular formula is C28H36ClN5O3S. The Hall–Kier alpha value is -2.33. The Bertz CT molecular complexity index is 1200. The third-order valence-corrected chi connectivity index (χ3v) is 9.25. The Balaban J connectivity index is 1.29. The van der Waals surface area contributed by atoms with Crippen molar-refractivity contribution in [2.24, 2.45) is 0 Å². The average molecular weight is 558 g/mol. The van der Waals surface area contributed by atoms with Gasteiger partial charge in [0.2, 0.25) is 0 Å². The summed E-state index contributed by atoms with van der Waals surface area (Å²) in [6.45, 7) is 7.84. The molecule has 8 nitrogen and oxygen atoms in total. The van der Waals surface area contributed by atoms with Crippen LogP contribution in [0.5, 0.6) is 0 Å². The maximum atomic E-state index is 11.9. The van der Waals surface area contributed by atoms with E-state index in [2.05, 4.69) is 41.2 Å². The van der Waals surface area contributed by atoms with Crippen LogP contribution in [0.4, 0.5) is 0 Å². The van der Waals surface area contributed by atoms with Gasteiger partial charge in [0.05, 0.1) is 30.1 Å². The summed E-state index contributed by atoms with van der Waals surface area (Å²) in [6.07, 6.45) is 7.12. The smallest absolute Gasteiger partial charge is 0.327 e. The first-order valence-electron chi connectivity index (χ1n) is 13.5. The normalized spacial score (nSPS) is 24.4. The summed E-state index contributed by atoms with van der Waals surface area (Å²) in [5, 5.41) is 10.5. The van der Waals surface area contributed by atoms with Crippen molar-refractivity contribution in [3.63, 3.8) is 0 Å². The number of hydrogen-bond acceptors (Lipinski definition) is 8. The van der Waals surface area contributed by atoms with Crippen LogP contribution < -0.4 is 0 Å². The number of aryl methyl sites for hydroxylation is 2. The highest BCUT2D eigenvalue weighted by atomic mass is 35.5. The molecule has 10 heteroatoms. The zero-order valence-corrected chi connectivity index (χ0v) is 23.9. The van der Waals surface area contributed by atoms with Gasteiger partial charge in [0.15, 0.2) is 0 Å². The molecule has 2 fully saturated rings. The van der Waals surface area contributed by atoms with Gasteiger partial charge in [-0.2, -0.15) is 0 Å². The van der Waals surface area contributed by atoms with Crippen molar-refractivity contribution in [1.29, 1.82) is 0 Å². The summed E-state index contributed by atoms with van der Waals surface area (Å²) in [5.41, 5.74) is 3.18. The first-order chi connectivity index (χ1) is 18.4. The number of nitrogens with zero attached hydrogens (tertiary/aromatic N) is 5. The molecule has 2 aliphatic rings. The van der Waals surface area contributed by atoms with Gasteiger partial charge >= 0.3 is 5.97 Å². The number of morpholine rings is 1. The van der Waals surface area contributed by atoms with E-state index in [1.54, 1.807) is 6.92 Å². The van der Waals surface area contributed by atoms with Gasteiger partial charge in [-0.05, 0) is 70.6 Å². The van der Waals surface area contributed by atoms with Crippen LogP contribution in [0.3, 0.4) is 0 Å². The summed E-state index contributed by atoms with van der Waals surface area (Å²) in [6, 6.07) is 8.88. The number of esters is 1. The summed E-state index contributed by atoms with van der Waals surface area (Å²) in [7, 11) is 0. The van der Waals surface area contributed by atoms with Crippen LogP contribution >= 0.6 is 22.9 Å². The van der Waals surface area contributed by atoms with E-state index in [4.69, 9.17) is 26.1 Å². The zero-order chi connectivity index (χ0) is 26.6. The molecule has 1 aliphatic carbocycles. The van der Waals surface area contributed by atoms with Crippen molar-refractivity contribution >= 4 is 28.9 Å². The second-order valence-electron chi connectivity index (χ2n) is 10.3. The lowest BCUT2D eigenvalue weighted by atomic mass is 9.84. The Morgan fingerprint density at radius 3 is 2.63 bits per heavy atom. The molecule has 1 saturated heterocycles. The highest BCUT2D eigenvalue weighted by molar-refractivity contribution is 7.11. The van der Waals surface area contributed by atoms with Crippen molar-refractivity contribution in [1.82, 2.24) is 24.9 Å². The number of rotatable bonds is 8. The lowest BCUT2D eigenvalue weighted by Crippen LogP contribution is -2.53. The quantitative estimate of drug-likeness (QED) is 0.348. The molecule has 0 radical (unpaired) electrons. The molecule has 38 heavy (non-hydrogen) atoms. The number of carbonyl (C=O) groups is 1. The third-order valence-electron chi connectivity index (χ3n) is 7.76. The predicted molar refractivity (Wildman–Crippen MR) is 148 cm³/mol. The second-order valence-corrected chi connectivity index (χ2v) is 12.0. The molecular weight excluding hydrogens is 522 g/mol. The zero-order valence-electron chi connectivity index (χ0n) is 22.3. The Morgan fingerprint density at radius 2 is 1.95 bits per heavy atom. The number of halogens is 1. The average Bonchev–Trinajstić information content (AvgIpc) is 3.52. The van der Waals surface area contributed by atoms with E-state index in [-0.39, 0.29) is 24.7 Å². The van der Waals surface area contributed by atoms with Crippen LogP contribution in [-0.2, 0) is 27.2 Å². The maximum absolute atomic E-state index is 11.9.